The SMILES string of the molecule is CCOc1cc2c(c(F)c1OCC)/C(=N/Br)N(CC(=O)c1cc(N(C)C)c(OC)c(C(C)(C)F)c1)C2. The molecule has 7 nitrogen and oxygen atoms in total. The number of halogens is 3. The van der Waals surface area contributed by atoms with Gasteiger partial charge in [0, 0.05) is 31.8 Å². The summed E-state index contributed by atoms with van der Waals surface area (Å²) in [5, 5.41) is 0. The van der Waals surface area contributed by atoms with Crippen LogP contribution in [0.5, 0.6) is 17.2 Å². The third-order valence-electron chi connectivity index (χ3n) is 5.87. The lowest BCUT2D eigenvalue weighted by atomic mass is 9.94. The van der Waals surface area contributed by atoms with Crippen molar-refractivity contribution >= 4 is 33.5 Å². The van der Waals surface area contributed by atoms with Crippen molar-refractivity contribution in [1.29, 1.82) is 0 Å². The molecule has 1 aliphatic heterocycles. The van der Waals surface area contributed by atoms with Crippen molar-refractivity contribution in [3.63, 3.8) is 0 Å². The van der Waals surface area contributed by atoms with Crippen LogP contribution in [0, 0.1) is 5.82 Å². The van der Waals surface area contributed by atoms with Gasteiger partial charge < -0.3 is 24.0 Å². The van der Waals surface area contributed by atoms with Crippen LogP contribution in [0.4, 0.5) is 14.5 Å². The Morgan fingerprint density at radius 1 is 1.17 bits per heavy atom. The molecule has 10 heteroatoms. The molecule has 2 aromatic carbocycles. The summed E-state index contributed by atoms with van der Waals surface area (Å²) in [6.45, 7) is 7.15. The van der Waals surface area contributed by atoms with Gasteiger partial charge in [0.05, 0.1) is 54.3 Å². The number of carbonyl (C=O) groups excluding carboxylic acids is 1. The maximum Gasteiger partial charge on any atom is 0.197 e. The Morgan fingerprint density at radius 3 is 2.36 bits per heavy atom. The zero-order valence-electron chi connectivity index (χ0n) is 21.7. The van der Waals surface area contributed by atoms with Gasteiger partial charge in [0.2, 0.25) is 0 Å². The standard InChI is InChI=1S/C26H32BrF2N3O4/c1-8-35-20-12-16-13-32(25(30-27)21(16)22(28)24(20)36-9-2)14-19(33)15-10-17(26(3,4)29)23(34-7)18(11-15)31(5)6/h10-12H,8-9,13-14H2,1-7H3/b30-25-. The van der Waals surface area contributed by atoms with Crippen LogP contribution in [0.3, 0.4) is 0 Å². The number of nitrogens with zero attached hydrogens (tertiary/aromatic N) is 3. The number of carbonyl (C=O) groups is 1. The molecule has 196 valence electrons. The molecule has 0 N–H and O–H groups in total. The maximum atomic E-state index is 15.5. The number of ketones is 1. The van der Waals surface area contributed by atoms with E-state index in [0.717, 1.165) is 0 Å². The predicted molar refractivity (Wildman–Crippen MR) is 140 cm³/mol. The molecule has 0 unspecified atom stereocenters. The van der Waals surface area contributed by atoms with Crippen molar-refractivity contribution in [2.24, 2.45) is 4.02 Å². The number of ether oxygens (including phenoxy) is 3. The van der Waals surface area contributed by atoms with Crippen molar-refractivity contribution in [2.45, 2.75) is 39.9 Å². The summed E-state index contributed by atoms with van der Waals surface area (Å²) in [7, 11) is 5.06. The number of benzene rings is 2. The third-order valence-corrected chi connectivity index (χ3v) is 6.21. The average Bonchev–Trinajstić information content (AvgIpc) is 3.16. The molecule has 36 heavy (non-hydrogen) atoms. The Balaban J connectivity index is 2.01. The Morgan fingerprint density at radius 2 is 1.83 bits per heavy atom. The van der Waals surface area contributed by atoms with Crippen molar-refractivity contribution in [1.82, 2.24) is 4.90 Å². The Hall–Kier alpha value is -2.88. The van der Waals surface area contributed by atoms with Crippen LogP contribution in [-0.4, -0.2) is 57.5 Å². The van der Waals surface area contributed by atoms with E-state index in [2.05, 4.69) is 20.2 Å². The van der Waals surface area contributed by atoms with E-state index in [-0.39, 0.29) is 48.2 Å². The number of hydrogen-bond acceptors (Lipinski definition) is 6. The first-order chi connectivity index (χ1) is 17.0. The fraction of sp³-hybridized carbons (Fsp3) is 0.462. The smallest absolute Gasteiger partial charge is 0.197 e. The zero-order valence-corrected chi connectivity index (χ0v) is 23.3. The highest BCUT2D eigenvalue weighted by Crippen LogP contribution is 2.42. The van der Waals surface area contributed by atoms with Crippen molar-refractivity contribution in [3.05, 3.63) is 46.3 Å². The minimum absolute atomic E-state index is 0.0144. The maximum absolute atomic E-state index is 15.5. The molecule has 0 amide bonds. The zero-order chi connectivity index (χ0) is 26.8. The molecule has 0 bridgehead atoms. The highest BCUT2D eigenvalue weighted by atomic mass is 79.9. The number of rotatable bonds is 10. The highest BCUT2D eigenvalue weighted by molar-refractivity contribution is 9.08. The van der Waals surface area contributed by atoms with Crippen LogP contribution < -0.4 is 19.1 Å². The summed E-state index contributed by atoms with van der Waals surface area (Å²) in [6, 6.07) is 4.91. The largest absolute Gasteiger partial charge is 0.494 e. The van der Waals surface area contributed by atoms with Crippen molar-refractivity contribution in [2.75, 3.05) is 45.9 Å². The average molecular weight is 568 g/mol. The van der Waals surface area contributed by atoms with Gasteiger partial charge in [-0.2, -0.15) is 4.02 Å². The molecular weight excluding hydrogens is 536 g/mol. The van der Waals surface area contributed by atoms with E-state index < -0.39 is 11.5 Å². The number of Topliss-reactive ketones (excluding diaryl/α,β-unsaturated/α-hetero) is 1. The number of anilines is 1. The monoisotopic (exact) mass is 567 g/mol. The third kappa shape index (κ3) is 5.28. The molecule has 2 aromatic rings. The first kappa shape index (κ1) is 27.7. The first-order valence-corrected chi connectivity index (χ1v) is 12.4. The molecule has 1 heterocycles. The van der Waals surface area contributed by atoms with Crippen LogP contribution in [0.1, 0.15) is 54.7 Å². The molecule has 0 fully saturated rings. The molecule has 0 aliphatic carbocycles. The highest BCUT2D eigenvalue weighted by Gasteiger charge is 2.35. The quantitative estimate of drug-likeness (QED) is 0.345. The summed E-state index contributed by atoms with van der Waals surface area (Å²) in [5.41, 5.74) is 0.299. The minimum Gasteiger partial charge on any atom is -0.494 e. The van der Waals surface area contributed by atoms with Crippen LogP contribution >= 0.6 is 16.1 Å². The Labute approximate surface area is 219 Å². The lowest BCUT2D eigenvalue weighted by molar-refractivity contribution is 0.0962. The van der Waals surface area contributed by atoms with Crippen molar-refractivity contribution < 1.29 is 27.8 Å². The van der Waals surface area contributed by atoms with E-state index in [0.29, 0.717) is 34.9 Å². The van der Waals surface area contributed by atoms with E-state index >= 15 is 8.78 Å². The molecule has 3 rings (SSSR count). The van der Waals surface area contributed by atoms with E-state index in [4.69, 9.17) is 14.2 Å². The summed E-state index contributed by atoms with van der Waals surface area (Å²) in [5.74, 6) is 0.0929. The number of amidine groups is 1. The predicted octanol–water partition coefficient (Wildman–Crippen LogP) is 5.66. The summed E-state index contributed by atoms with van der Waals surface area (Å²) in [6.07, 6.45) is 0. The fourth-order valence-electron chi connectivity index (χ4n) is 4.26. The van der Waals surface area contributed by atoms with Gasteiger partial charge in [-0.05, 0) is 51.5 Å². The molecular formula is C26H32BrF2N3O4. The molecule has 0 atom stereocenters. The second-order valence-corrected chi connectivity index (χ2v) is 9.40. The molecule has 0 saturated carbocycles. The van der Waals surface area contributed by atoms with E-state index in [1.165, 1.54) is 27.0 Å². The second-order valence-electron chi connectivity index (χ2n) is 9.05. The molecule has 0 saturated heterocycles. The van der Waals surface area contributed by atoms with Gasteiger partial charge in [0.25, 0.3) is 0 Å². The van der Waals surface area contributed by atoms with E-state index in [9.17, 15) is 4.79 Å². The summed E-state index contributed by atoms with van der Waals surface area (Å²) >= 11 is 3.09. The van der Waals surface area contributed by atoms with Crippen LogP contribution in [0.2, 0.25) is 0 Å². The van der Waals surface area contributed by atoms with Gasteiger partial charge in [0.1, 0.15) is 17.3 Å². The minimum atomic E-state index is -1.74. The Kier molecular flexibility index (Phi) is 8.48. The molecule has 1 aliphatic rings. The number of methoxy groups -OCH3 is 1. The topological polar surface area (TPSA) is 63.6 Å². The normalized spacial score (nSPS) is 14.2. The first-order valence-electron chi connectivity index (χ1n) is 11.7. The number of fused-ring (bicyclic) bond motifs is 1. The van der Waals surface area contributed by atoms with E-state index in [1.54, 1.807) is 49.9 Å². The van der Waals surface area contributed by atoms with Gasteiger partial charge in [-0.1, -0.05) is 0 Å². The molecule has 0 spiro atoms. The Bertz CT molecular complexity index is 1180. The van der Waals surface area contributed by atoms with Gasteiger partial charge in [-0.25, -0.2) is 8.78 Å². The van der Waals surface area contributed by atoms with Gasteiger partial charge in [-0.3, -0.25) is 4.79 Å². The number of alkyl halides is 1. The lowest BCUT2D eigenvalue weighted by Gasteiger charge is -2.25. The number of hydrogen-bond donors (Lipinski definition) is 0. The van der Waals surface area contributed by atoms with Crippen molar-refractivity contribution in [3.8, 4) is 17.2 Å². The van der Waals surface area contributed by atoms with Crippen LogP contribution in [-0.2, 0) is 12.2 Å². The molecule has 0 aromatic heterocycles. The summed E-state index contributed by atoms with van der Waals surface area (Å²) < 4.78 is 51.3. The van der Waals surface area contributed by atoms with Crippen LogP contribution in [0.15, 0.2) is 22.2 Å². The summed E-state index contributed by atoms with van der Waals surface area (Å²) in [4.78, 5) is 16.9. The van der Waals surface area contributed by atoms with Crippen LogP contribution in [0.25, 0.3) is 0 Å². The second kappa shape index (κ2) is 11.0. The lowest BCUT2D eigenvalue weighted by Crippen LogP contribution is -2.31. The van der Waals surface area contributed by atoms with Gasteiger partial charge in [-0.15, -0.1) is 0 Å². The van der Waals surface area contributed by atoms with Gasteiger partial charge in [0.15, 0.2) is 23.1 Å². The van der Waals surface area contributed by atoms with Gasteiger partial charge >= 0.3 is 0 Å². The molecule has 0 radical (unpaired) electrons. The fourth-order valence-corrected chi connectivity index (χ4v) is 4.66. The van der Waals surface area contributed by atoms with E-state index in [1.807, 2.05) is 0 Å².